The van der Waals surface area contributed by atoms with Crippen molar-refractivity contribution in [2.24, 2.45) is 0 Å². The van der Waals surface area contributed by atoms with Crippen molar-refractivity contribution in [3.8, 4) is 6.07 Å². The Hall–Kier alpha value is -1.93. The van der Waals surface area contributed by atoms with Crippen molar-refractivity contribution in [2.45, 2.75) is 30.8 Å². The first-order valence-corrected chi connectivity index (χ1v) is 6.27. The van der Waals surface area contributed by atoms with Crippen LogP contribution in [0.25, 0.3) is 0 Å². The van der Waals surface area contributed by atoms with E-state index < -0.39 is 0 Å². The van der Waals surface area contributed by atoms with Gasteiger partial charge in [-0.1, -0.05) is 0 Å². The maximum Gasteiger partial charge on any atom is 0.192 e. The Kier molecular flexibility index (Phi) is 3.58. The Morgan fingerprint density at radius 2 is 1.94 bits per heavy atom. The van der Waals surface area contributed by atoms with E-state index in [1.807, 2.05) is 32.9 Å². The van der Waals surface area contributed by atoms with Gasteiger partial charge in [-0.15, -0.1) is 0 Å². The van der Waals surface area contributed by atoms with E-state index in [1.165, 1.54) is 11.8 Å². The minimum atomic E-state index is 0.593. The summed E-state index contributed by atoms with van der Waals surface area (Å²) in [7, 11) is 0. The number of pyridine rings is 1. The lowest BCUT2D eigenvalue weighted by Gasteiger charge is -2.06. The van der Waals surface area contributed by atoms with Gasteiger partial charge in [-0.05, 0) is 44.7 Å². The number of hydrogen-bond donors (Lipinski definition) is 0. The predicted molar refractivity (Wildman–Crippen MR) is 69.3 cm³/mol. The van der Waals surface area contributed by atoms with E-state index in [0.29, 0.717) is 10.7 Å². The Labute approximate surface area is 110 Å². The highest BCUT2D eigenvalue weighted by atomic mass is 32.2. The Morgan fingerprint density at radius 3 is 2.61 bits per heavy atom. The van der Waals surface area contributed by atoms with E-state index >= 15 is 0 Å². The van der Waals surface area contributed by atoms with E-state index in [2.05, 4.69) is 21.0 Å². The van der Waals surface area contributed by atoms with Crippen LogP contribution in [-0.2, 0) is 0 Å². The summed E-state index contributed by atoms with van der Waals surface area (Å²) in [4.78, 5) is 13.7. The third kappa shape index (κ3) is 2.66. The maximum atomic E-state index is 9.18. The largest absolute Gasteiger partial charge is 0.257 e. The average Bonchev–Trinajstić information content (AvgIpc) is 2.28. The van der Waals surface area contributed by atoms with Crippen molar-refractivity contribution >= 4 is 11.8 Å². The first-order chi connectivity index (χ1) is 8.60. The molecule has 4 nitrogen and oxygen atoms in total. The van der Waals surface area contributed by atoms with Crippen LogP contribution in [0.15, 0.2) is 28.4 Å². The van der Waals surface area contributed by atoms with Gasteiger partial charge >= 0.3 is 0 Å². The van der Waals surface area contributed by atoms with E-state index in [9.17, 15) is 5.26 Å². The van der Waals surface area contributed by atoms with Crippen LogP contribution >= 0.6 is 11.8 Å². The topological polar surface area (TPSA) is 62.5 Å². The van der Waals surface area contributed by atoms with Gasteiger partial charge in [-0.2, -0.15) is 5.26 Å². The Bertz CT molecular complexity index is 631. The molecular formula is C13H12N4S. The van der Waals surface area contributed by atoms with Crippen molar-refractivity contribution in [2.75, 3.05) is 0 Å². The van der Waals surface area contributed by atoms with E-state index in [4.69, 9.17) is 0 Å². The minimum Gasteiger partial charge on any atom is -0.257 e. The molecule has 0 bridgehead atoms. The quantitative estimate of drug-likeness (QED) is 0.773. The Balaban J connectivity index is 2.43. The van der Waals surface area contributed by atoms with Gasteiger partial charge in [0.2, 0.25) is 0 Å². The summed E-state index contributed by atoms with van der Waals surface area (Å²) in [6.07, 6.45) is 1.72. The number of nitrogens with zero attached hydrogens (tertiary/aromatic N) is 4. The molecule has 0 atom stereocenters. The summed E-state index contributed by atoms with van der Waals surface area (Å²) in [5.41, 5.74) is 3.14. The van der Waals surface area contributed by atoms with Gasteiger partial charge < -0.3 is 0 Å². The molecule has 0 N–H and O–H groups in total. The number of aryl methyl sites for hydroxylation is 3. The zero-order valence-corrected chi connectivity index (χ0v) is 11.2. The van der Waals surface area contributed by atoms with Crippen LogP contribution < -0.4 is 0 Å². The maximum absolute atomic E-state index is 9.18. The minimum absolute atomic E-state index is 0.593. The molecular weight excluding hydrogens is 244 g/mol. The standard InChI is InChI=1S/C13H12N4S/c1-8-4-5-15-13(17-8)18-12-6-9(2)16-10(3)11(12)7-14/h4-6H,1-3H3. The van der Waals surface area contributed by atoms with Crippen LogP contribution in [0.4, 0.5) is 0 Å². The molecule has 0 aromatic carbocycles. The first kappa shape index (κ1) is 12.5. The number of nitriles is 1. The molecule has 0 radical (unpaired) electrons. The first-order valence-electron chi connectivity index (χ1n) is 5.46. The molecule has 0 unspecified atom stereocenters. The Morgan fingerprint density at radius 1 is 1.17 bits per heavy atom. The summed E-state index contributed by atoms with van der Waals surface area (Å²) < 4.78 is 0. The van der Waals surface area contributed by atoms with Gasteiger partial charge in [0.25, 0.3) is 0 Å². The van der Waals surface area contributed by atoms with Crippen molar-refractivity contribution in [3.05, 3.63) is 41.0 Å². The zero-order chi connectivity index (χ0) is 13.1. The molecule has 2 rings (SSSR count). The summed E-state index contributed by atoms with van der Waals surface area (Å²) in [5, 5.41) is 9.83. The summed E-state index contributed by atoms with van der Waals surface area (Å²) >= 11 is 1.40. The molecule has 5 heteroatoms. The molecule has 0 spiro atoms. The smallest absolute Gasteiger partial charge is 0.192 e. The molecule has 2 aromatic rings. The second-order valence-electron chi connectivity index (χ2n) is 3.92. The lowest BCUT2D eigenvalue weighted by molar-refractivity contribution is 0.930. The van der Waals surface area contributed by atoms with Crippen LogP contribution in [0.3, 0.4) is 0 Å². The van der Waals surface area contributed by atoms with Gasteiger partial charge in [0.1, 0.15) is 6.07 Å². The van der Waals surface area contributed by atoms with Gasteiger partial charge in [0.15, 0.2) is 5.16 Å². The van der Waals surface area contributed by atoms with Gasteiger partial charge in [-0.3, -0.25) is 4.98 Å². The van der Waals surface area contributed by atoms with Crippen molar-refractivity contribution in [1.29, 1.82) is 5.26 Å². The van der Waals surface area contributed by atoms with Gasteiger partial charge in [-0.25, -0.2) is 9.97 Å². The lowest BCUT2D eigenvalue weighted by Crippen LogP contribution is -1.95. The molecule has 0 saturated carbocycles. The fraction of sp³-hybridized carbons (Fsp3) is 0.231. The lowest BCUT2D eigenvalue weighted by atomic mass is 10.2. The van der Waals surface area contributed by atoms with Crippen LogP contribution in [-0.4, -0.2) is 15.0 Å². The van der Waals surface area contributed by atoms with Crippen LogP contribution in [0.2, 0.25) is 0 Å². The SMILES string of the molecule is Cc1ccnc(Sc2cc(C)nc(C)c2C#N)n1. The second-order valence-corrected chi connectivity index (χ2v) is 4.93. The zero-order valence-electron chi connectivity index (χ0n) is 10.4. The second kappa shape index (κ2) is 5.15. The summed E-state index contributed by atoms with van der Waals surface area (Å²) in [5.74, 6) is 0. The molecule has 0 aliphatic rings. The van der Waals surface area contributed by atoms with E-state index in [-0.39, 0.29) is 0 Å². The van der Waals surface area contributed by atoms with Crippen LogP contribution in [0, 0.1) is 32.1 Å². The van der Waals surface area contributed by atoms with E-state index in [1.54, 1.807) is 6.20 Å². The normalized spacial score (nSPS) is 10.1. The molecule has 18 heavy (non-hydrogen) atoms. The highest BCUT2D eigenvalue weighted by Crippen LogP contribution is 2.29. The molecule has 90 valence electrons. The molecule has 0 fully saturated rings. The molecule has 0 saturated heterocycles. The number of rotatable bonds is 2. The third-order valence-corrected chi connectivity index (χ3v) is 3.30. The van der Waals surface area contributed by atoms with Crippen LogP contribution in [0.1, 0.15) is 22.6 Å². The average molecular weight is 256 g/mol. The van der Waals surface area contributed by atoms with Crippen molar-refractivity contribution in [3.63, 3.8) is 0 Å². The van der Waals surface area contributed by atoms with Crippen LogP contribution in [0.5, 0.6) is 0 Å². The highest BCUT2D eigenvalue weighted by Gasteiger charge is 2.11. The highest BCUT2D eigenvalue weighted by molar-refractivity contribution is 7.99. The molecule has 2 aromatic heterocycles. The molecule has 2 heterocycles. The van der Waals surface area contributed by atoms with Gasteiger partial charge in [0, 0.05) is 22.5 Å². The van der Waals surface area contributed by atoms with Crippen molar-refractivity contribution < 1.29 is 0 Å². The molecule has 0 amide bonds. The number of hydrogen-bond acceptors (Lipinski definition) is 5. The molecule has 0 aliphatic heterocycles. The van der Waals surface area contributed by atoms with E-state index in [0.717, 1.165) is 22.0 Å². The molecule has 0 aliphatic carbocycles. The fourth-order valence-electron chi connectivity index (χ4n) is 1.58. The van der Waals surface area contributed by atoms with Gasteiger partial charge in [0.05, 0.1) is 11.3 Å². The third-order valence-electron chi connectivity index (χ3n) is 2.38. The monoisotopic (exact) mass is 256 g/mol. The summed E-state index contributed by atoms with van der Waals surface area (Å²) in [6, 6.07) is 5.92. The fourth-order valence-corrected chi connectivity index (χ4v) is 2.61. The predicted octanol–water partition coefficient (Wildman–Crippen LogP) is 2.82. The summed E-state index contributed by atoms with van der Waals surface area (Å²) in [6.45, 7) is 5.67. The number of aromatic nitrogens is 3. The van der Waals surface area contributed by atoms with Crippen molar-refractivity contribution in [1.82, 2.24) is 15.0 Å².